The number of hydrogen-bond acceptors (Lipinski definition) is 6. The van der Waals surface area contributed by atoms with Crippen molar-refractivity contribution in [2.45, 2.75) is 26.3 Å². The van der Waals surface area contributed by atoms with Crippen molar-refractivity contribution in [3.05, 3.63) is 12.1 Å². The van der Waals surface area contributed by atoms with E-state index in [4.69, 9.17) is 5.73 Å². The molecule has 0 saturated carbocycles. The van der Waals surface area contributed by atoms with Crippen LogP contribution in [0.15, 0.2) is 12.1 Å². The topological polar surface area (TPSA) is 112 Å². The Labute approximate surface area is 135 Å². The molecule has 1 fully saturated rings. The summed E-state index contributed by atoms with van der Waals surface area (Å²) < 4.78 is 0. The molecule has 126 valence electrons. The second kappa shape index (κ2) is 7.66. The van der Waals surface area contributed by atoms with Crippen molar-refractivity contribution >= 4 is 29.1 Å². The van der Waals surface area contributed by atoms with Gasteiger partial charge in [-0.1, -0.05) is 0 Å². The first-order valence-electron chi connectivity index (χ1n) is 7.72. The van der Waals surface area contributed by atoms with E-state index in [0.29, 0.717) is 24.6 Å². The average Bonchev–Trinajstić information content (AvgIpc) is 2.92. The second-order valence-corrected chi connectivity index (χ2v) is 5.65. The number of carbonyl (C=O) groups excluding carboxylic acids is 2. The van der Waals surface area contributed by atoms with Gasteiger partial charge < -0.3 is 26.6 Å². The SMILES string of the molecule is CC(=O)NCCNc1nc(N2CCC(NC(C)=O)C2)ccc1N. The monoisotopic (exact) mass is 320 g/mol. The number of aromatic nitrogens is 1. The van der Waals surface area contributed by atoms with Crippen molar-refractivity contribution in [1.82, 2.24) is 15.6 Å². The number of nitrogen functional groups attached to an aromatic ring is 1. The fourth-order valence-electron chi connectivity index (χ4n) is 2.57. The Morgan fingerprint density at radius 3 is 2.78 bits per heavy atom. The van der Waals surface area contributed by atoms with Crippen molar-refractivity contribution in [2.75, 3.05) is 42.1 Å². The summed E-state index contributed by atoms with van der Waals surface area (Å²) in [6.45, 7) is 5.64. The van der Waals surface area contributed by atoms with Crippen LogP contribution >= 0.6 is 0 Å². The Morgan fingerprint density at radius 2 is 2.09 bits per heavy atom. The van der Waals surface area contributed by atoms with Crippen LogP contribution < -0.4 is 26.6 Å². The number of hydrogen-bond donors (Lipinski definition) is 4. The smallest absolute Gasteiger partial charge is 0.217 e. The molecule has 5 N–H and O–H groups in total. The molecular formula is C15H24N6O2. The summed E-state index contributed by atoms with van der Waals surface area (Å²) in [5, 5.41) is 8.77. The largest absolute Gasteiger partial charge is 0.396 e. The molecule has 0 spiro atoms. The van der Waals surface area contributed by atoms with Crippen molar-refractivity contribution in [1.29, 1.82) is 0 Å². The summed E-state index contributed by atoms with van der Waals surface area (Å²) in [4.78, 5) is 28.6. The maximum Gasteiger partial charge on any atom is 0.217 e. The van der Waals surface area contributed by atoms with Gasteiger partial charge in [-0.2, -0.15) is 0 Å². The van der Waals surface area contributed by atoms with E-state index in [1.807, 2.05) is 12.1 Å². The molecule has 23 heavy (non-hydrogen) atoms. The molecule has 8 nitrogen and oxygen atoms in total. The second-order valence-electron chi connectivity index (χ2n) is 5.65. The van der Waals surface area contributed by atoms with Gasteiger partial charge in [-0.25, -0.2) is 4.98 Å². The number of nitrogens with two attached hydrogens (primary N) is 1. The Morgan fingerprint density at radius 1 is 1.30 bits per heavy atom. The molecule has 8 heteroatoms. The third kappa shape index (κ3) is 5.01. The predicted molar refractivity (Wildman–Crippen MR) is 90.3 cm³/mol. The van der Waals surface area contributed by atoms with E-state index < -0.39 is 0 Å². The number of anilines is 3. The molecule has 2 amide bonds. The van der Waals surface area contributed by atoms with Crippen molar-refractivity contribution in [2.24, 2.45) is 0 Å². The first kappa shape index (κ1) is 16.9. The Kier molecular flexibility index (Phi) is 5.61. The molecule has 1 unspecified atom stereocenters. The molecule has 0 aromatic carbocycles. The van der Waals surface area contributed by atoms with Crippen LogP contribution in [0, 0.1) is 0 Å². The molecule has 2 heterocycles. The summed E-state index contributed by atoms with van der Waals surface area (Å²) >= 11 is 0. The minimum atomic E-state index is -0.0671. The summed E-state index contributed by atoms with van der Waals surface area (Å²) in [5.74, 6) is 1.36. The first-order valence-corrected chi connectivity index (χ1v) is 7.72. The van der Waals surface area contributed by atoms with E-state index in [0.717, 1.165) is 25.3 Å². The zero-order valence-corrected chi connectivity index (χ0v) is 13.6. The number of pyridine rings is 1. The lowest BCUT2D eigenvalue weighted by atomic mass is 10.2. The standard InChI is InChI=1S/C15H24N6O2/c1-10(22)17-6-7-18-15-13(16)3-4-14(20-15)21-8-5-12(9-21)19-11(2)23/h3-4,12H,5-9,16H2,1-2H3,(H,17,22)(H,18,20)(H,19,23). The summed E-state index contributed by atoms with van der Waals surface area (Å²) in [6, 6.07) is 3.85. The summed E-state index contributed by atoms with van der Waals surface area (Å²) in [7, 11) is 0. The van der Waals surface area contributed by atoms with Crippen molar-refractivity contribution in [3.63, 3.8) is 0 Å². The van der Waals surface area contributed by atoms with Gasteiger partial charge in [0, 0.05) is 46.1 Å². The Bertz CT molecular complexity index is 577. The molecule has 1 aliphatic heterocycles. The lowest BCUT2D eigenvalue weighted by molar-refractivity contribution is -0.120. The van der Waals surface area contributed by atoms with Gasteiger partial charge in [-0.3, -0.25) is 9.59 Å². The minimum absolute atomic E-state index is 0.0116. The van der Waals surface area contributed by atoms with E-state index in [1.165, 1.54) is 13.8 Å². The molecular weight excluding hydrogens is 296 g/mol. The maximum atomic E-state index is 11.1. The summed E-state index contributed by atoms with van der Waals surface area (Å²) in [6.07, 6.45) is 0.900. The average molecular weight is 320 g/mol. The molecule has 1 saturated heterocycles. The van der Waals surface area contributed by atoms with Crippen LogP contribution in [-0.4, -0.2) is 49.0 Å². The number of carbonyl (C=O) groups is 2. The van der Waals surface area contributed by atoms with Crippen LogP contribution in [-0.2, 0) is 9.59 Å². The Hall–Kier alpha value is -2.51. The molecule has 1 aromatic heterocycles. The van der Waals surface area contributed by atoms with Gasteiger partial charge in [0.2, 0.25) is 11.8 Å². The van der Waals surface area contributed by atoms with E-state index in [2.05, 4.69) is 25.8 Å². The fraction of sp³-hybridized carbons (Fsp3) is 0.533. The van der Waals surface area contributed by atoms with Gasteiger partial charge in [-0.15, -0.1) is 0 Å². The predicted octanol–water partition coefficient (Wildman–Crippen LogP) is -0.0734. The Balaban J connectivity index is 1.94. The number of nitrogens with one attached hydrogen (secondary N) is 3. The minimum Gasteiger partial charge on any atom is -0.396 e. The highest BCUT2D eigenvalue weighted by atomic mass is 16.2. The van der Waals surface area contributed by atoms with Crippen molar-refractivity contribution in [3.8, 4) is 0 Å². The molecule has 1 aromatic rings. The van der Waals surface area contributed by atoms with E-state index >= 15 is 0 Å². The van der Waals surface area contributed by atoms with E-state index in [9.17, 15) is 9.59 Å². The third-order valence-corrected chi connectivity index (χ3v) is 3.62. The first-order chi connectivity index (χ1) is 11.0. The highest BCUT2D eigenvalue weighted by molar-refractivity contribution is 5.73. The van der Waals surface area contributed by atoms with Gasteiger partial charge >= 0.3 is 0 Å². The van der Waals surface area contributed by atoms with Crippen LogP contribution in [0.2, 0.25) is 0 Å². The van der Waals surface area contributed by atoms with Crippen molar-refractivity contribution < 1.29 is 9.59 Å². The maximum absolute atomic E-state index is 11.1. The zero-order valence-electron chi connectivity index (χ0n) is 13.6. The van der Waals surface area contributed by atoms with Gasteiger partial charge in [0.05, 0.1) is 5.69 Å². The zero-order chi connectivity index (χ0) is 16.8. The van der Waals surface area contributed by atoms with Gasteiger partial charge in [0.25, 0.3) is 0 Å². The normalized spacial score (nSPS) is 17.0. The molecule has 1 atom stereocenters. The lowest BCUT2D eigenvalue weighted by Crippen LogP contribution is -2.35. The highest BCUT2D eigenvalue weighted by Gasteiger charge is 2.24. The van der Waals surface area contributed by atoms with Gasteiger partial charge in [0.1, 0.15) is 5.82 Å². The lowest BCUT2D eigenvalue weighted by Gasteiger charge is -2.19. The molecule has 1 aliphatic rings. The van der Waals surface area contributed by atoms with Gasteiger partial charge in [-0.05, 0) is 18.6 Å². The van der Waals surface area contributed by atoms with Gasteiger partial charge in [0.15, 0.2) is 5.82 Å². The van der Waals surface area contributed by atoms with Crippen LogP contribution in [0.25, 0.3) is 0 Å². The highest BCUT2D eigenvalue weighted by Crippen LogP contribution is 2.23. The van der Waals surface area contributed by atoms with Crippen LogP contribution in [0.4, 0.5) is 17.3 Å². The third-order valence-electron chi connectivity index (χ3n) is 3.62. The number of nitrogens with zero attached hydrogens (tertiary/aromatic N) is 2. The van der Waals surface area contributed by atoms with Crippen LogP contribution in [0.3, 0.4) is 0 Å². The number of rotatable bonds is 6. The molecule has 0 bridgehead atoms. The quantitative estimate of drug-likeness (QED) is 0.546. The molecule has 0 aliphatic carbocycles. The van der Waals surface area contributed by atoms with Crippen LogP contribution in [0.5, 0.6) is 0 Å². The fourth-order valence-corrected chi connectivity index (χ4v) is 2.57. The molecule has 0 radical (unpaired) electrons. The van der Waals surface area contributed by atoms with E-state index in [-0.39, 0.29) is 17.9 Å². The molecule has 2 rings (SSSR count). The van der Waals surface area contributed by atoms with E-state index in [1.54, 1.807) is 0 Å². The summed E-state index contributed by atoms with van der Waals surface area (Å²) in [5.41, 5.74) is 6.50. The van der Waals surface area contributed by atoms with Crippen LogP contribution in [0.1, 0.15) is 20.3 Å². The number of amides is 2.